The van der Waals surface area contributed by atoms with Crippen molar-refractivity contribution in [1.82, 2.24) is 9.55 Å². The fourth-order valence-electron chi connectivity index (χ4n) is 1.43. The lowest BCUT2D eigenvalue weighted by atomic mass is 10.4. The summed E-state index contributed by atoms with van der Waals surface area (Å²) in [5.74, 6) is 1.16. The molecule has 0 bridgehead atoms. The van der Waals surface area contributed by atoms with Crippen LogP contribution in [0.2, 0.25) is 0 Å². The first-order valence-electron chi connectivity index (χ1n) is 6.92. The minimum absolute atomic E-state index is 0.677. The van der Waals surface area contributed by atoms with E-state index in [-0.39, 0.29) is 0 Å². The summed E-state index contributed by atoms with van der Waals surface area (Å²) in [5.41, 5.74) is 1.23. The third-order valence-corrected chi connectivity index (χ3v) is 4.36. The Morgan fingerprint density at radius 3 is 1.74 bits per heavy atom. The highest BCUT2D eigenvalue weighted by Gasteiger charge is 2.11. The first kappa shape index (κ1) is 18.3. The molecule has 0 N–H and O–H groups in total. The zero-order chi connectivity index (χ0) is 14.7. The number of aryl methyl sites for hydroxylation is 2. The normalized spacial score (nSPS) is 10.5. The number of nitrogens with zero attached hydrogens (tertiary/aromatic N) is 2. The summed E-state index contributed by atoms with van der Waals surface area (Å²) in [4.78, 5) is 4.20. The van der Waals surface area contributed by atoms with E-state index in [1.165, 1.54) is 5.69 Å². The van der Waals surface area contributed by atoms with Gasteiger partial charge < -0.3 is 17.8 Å². The van der Waals surface area contributed by atoms with E-state index in [4.69, 9.17) is 13.3 Å². The Morgan fingerprint density at radius 1 is 1.05 bits per heavy atom. The van der Waals surface area contributed by atoms with E-state index in [2.05, 4.69) is 23.4 Å². The van der Waals surface area contributed by atoms with Gasteiger partial charge in [-0.15, -0.1) is 0 Å². The lowest BCUT2D eigenvalue weighted by molar-refractivity contribution is 0.107. The van der Waals surface area contributed by atoms with Gasteiger partial charge in [-0.05, 0) is 27.7 Å². The predicted molar refractivity (Wildman–Crippen MR) is 79.4 cm³/mol. The Balaban J connectivity index is 0.000000342. The molecule has 0 unspecified atom stereocenters. The van der Waals surface area contributed by atoms with Crippen molar-refractivity contribution in [2.75, 3.05) is 19.8 Å². The maximum Gasteiger partial charge on any atom is 0.484 e. The van der Waals surface area contributed by atoms with Crippen LogP contribution in [0.4, 0.5) is 0 Å². The molecule has 5 nitrogen and oxygen atoms in total. The minimum Gasteiger partial charge on any atom is -0.376 e. The molecular formula is C13H28N2O3Si. The molecule has 0 saturated heterocycles. The summed E-state index contributed by atoms with van der Waals surface area (Å²) in [5, 5.41) is 0. The molecule has 0 aliphatic heterocycles. The van der Waals surface area contributed by atoms with Gasteiger partial charge in [0.25, 0.3) is 0 Å². The van der Waals surface area contributed by atoms with Gasteiger partial charge >= 0.3 is 9.53 Å². The van der Waals surface area contributed by atoms with E-state index < -0.39 is 9.53 Å². The van der Waals surface area contributed by atoms with Crippen LogP contribution in [-0.2, 0) is 26.7 Å². The van der Waals surface area contributed by atoms with Gasteiger partial charge in [-0.25, -0.2) is 4.98 Å². The Morgan fingerprint density at radius 2 is 1.53 bits per heavy atom. The Labute approximate surface area is 118 Å². The molecule has 0 amide bonds. The van der Waals surface area contributed by atoms with Crippen molar-refractivity contribution in [3.05, 3.63) is 17.7 Å². The molecule has 0 aliphatic rings. The average molecular weight is 288 g/mol. The van der Waals surface area contributed by atoms with Crippen LogP contribution in [0.25, 0.3) is 0 Å². The molecule has 1 heterocycles. The van der Waals surface area contributed by atoms with Crippen LogP contribution >= 0.6 is 0 Å². The fraction of sp³-hybridized carbons (Fsp3) is 0.769. The second kappa shape index (κ2) is 11.2. The molecule has 0 aromatic carbocycles. The number of aromatic nitrogens is 2. The molecular weight excluding hydrogens is 260 g/mol. The molecule has 0 saturated carbocycles. The largest absolute Gasteiger partial charge is 0.484 e. The number of rotatable bonds is 7. The van der Waals surface area contributed by atoms with Gasteiger partial charge in [0.15, 0.2) is 0 Å². The van der Waals surface area contributed by atoms with Gasteiger partial charge in [-0.1, -0.05) is 6.92 Å². The third kappa shape index (κ3) is 7.46. The first-order chi connectivity index (χ1) is 9.10. The van der Waals surface area contributed by atoms with Crippen LogP contribution in [0.3, 0.4) is 0 Å². The Bertz CT molecular complexity index is 317. The lowest BCUT2D eigenvalue weighted by Gasteiger charge is -2.12. The minimum atomic E-state index is -1.73. The van der Waals surface area contributed by atoms with Crippen LogP contribution in [0, 0.1) is 6.92 Å². The van der Waals surface area contributed by atoms with Gasteiger partial charge in [0.1, 0.15) is 5.82 Å². The Hall–Kier alpha value is -0.693. The SMILES string of the molecule is CCO[SiH](OCC)OCC.CCc1ncc(C)n1C. The summed E-state index contributed by atoms with van der Waals surface area (Å²) in [6.45, 7) is 12.0. The molecule has 0 aliphatic carbocycles. The summed E-state index contributed by atoms with van der Waals surface area (Å²) in [6, 6.07) is 0. The van der Waals surface area contributed by atoms with Crippen molar-refractivity contribution in [1.29, 1.82) is 0 Å². The monoisotopic (exact) mass is 288 g/mol. The van der Waals surface area contributed by atoms with E-state index in [9.17, 15) is 0 Å². The third-order valence-electron chi connectivity index (χ3n) is 2.54. The lowest BCUT2D eigenvalue weighted by Crippen LogP contribution is -2.27. The smallest absolute Gasteiger partial charge is 0.376 e. The number of hydrogen-bond acceptors (Lipinski definition) is 4. The van der Waals surface area contributed by atoms with Gasteiger partial charge in [-0.2, -0.15) is 0 Å². The zero-order valence-corrected chi connectivity index (χ0v) is 14.3. The van der Waals surface area contributed by atoms with Crippen molar-refractivity contribution >= 4 is 9.53 Å². The van der Waals surface area contributed by atoms with Crippen LogP contribution in [-0.4, -0.2) is 38.9 Å². The maximum atomic E-state index is 5.22. The van der Waals surface area contributed by atoms with E-state index in [0.29, 0.717) is 19.8 Å². The maximum absolute atomic E-state index is 5.22. The molecule has 0 atom stereocenters. The van der Waals surface area contributed by atoms with Crippen molar-refractivity contribution in [3.8, 4) is 0 Å². The van der Waals surface area contributed by atoms with Crippen molar-refractivity contribution in [3.63, 3.8) is 0 Å². The van der Waals surface area contributed by atoms with Crippen LogP contribution in [0.1, 0.15) is 39.2 Å². The van der Waals surface area contributed by atoms with Gasteiger partial charge in [0, 0.05) is 45.2 Å². The highest BCUT2D eigenvalue weighted by atomic mass is 28.3. The first-order valence-corrected chi connectivity index (χ1v) is 8.33. The van der Waals surface area contributed by atoms with Crippen molar-refractivity contribution in [2.24, 2.45) is 7.05 Å². The highest BCUT2D eigenvalue weighted by Crippen LogP contribution is 2.00. The van der Waals surface area contributed by atoms with Crippen LogP contribution in [0.15, 0.2) is 6.20 Å². The predicted octanol–water partition coefficient (Wildman–Crippen LogP) is 2.10. The van der Waals surface area contributed by atoms with Gasteiger partial charge in [0.2, 0.25) is 0 Å². The number of imidazole rings is 1. The van der Waals surface area contributed by atoms with Crippen LogP contribution in [0.5, 0.6) is 0 Å². The molecule has 0 spiro atoms. The zero-order valence-electron chi connectivity index (χ0n) is 13.1. The van der Waals surface area contributed by atoms with E-state index >= 15 is 0 Å². The molecule has 112 valence electrons. The second-order valence-corrected chi connectivity index (χ2v) is 5.46. The topological polar surface area (TPSA) is 45.5 Å². The quantitative estimate of drug-likeness (QED) is 0.721. The summed E-state index contributed by atoms with van der Waals surface area (Å²) in [7, 11) is 0.309. The fourth-order valence-corrected chi connectivity index (χ4v) is 2.53. The molecule has 1 aromatic heterocycles. The summed E-state index contributed by atoms with van der Waals surface area (Å²) >= 11 is 0. The van der Waals surface area contributed by atoms with E-state index in [0.717, 1.165) is 12.2 Å². The van der Waals surface area contributed by atoms with Crippen molar-refractivity contribution < 1.29 is 13.3 Å². The van der Waals surface area contributed by atoms with Gasteiger partial charge in [-0.3, -0.25) is 0 Å². The molecule has 1 rings (SSSR count). The summed E-state index contributed by atoms with van der Waals surface area (Å²) in [6.07, 6.45) is 2.92. The number of hydrogen-bond donors (Lipinski definition) is 0. The highest BCUT2D eigenvalue weighted by molar-refractivity contribution is 6.36. The molecule has 6 heteroatoms. The molecule has 19 heavy (non-hydrogen) atoms. The molecule has 0 radical (unpaired) electrons. The Kier molecular flexibility index (Phi) is 10.8. The van der Waals surface area contributed by atoms with E-state index in [1.807, 2.05) is 34.0 Å². The van der Waals surface area contributed by atoms with Crippen molar-refractivity contribution in [2.45, 2.75) is 41.0 Å². The summed E-state index contributed by atoms with van der Waals surface area (Å²) < 4.78 is 17.8. The second-order valence-electron chi connectivity index (χ2n) is 3.88. The van der Waals surface area contributed by atoms with Gasteiger partial charge in [0.05, 0.1) is 0 Å². The molecule has 0 fully saturated rings. The average Bonchev–Trinajstić information content (AvgIpc) is 2.71. The van der Waals surface area contributed by atoms with Crippen LogP contribution < -0.4 is 0 Å². The standard InChI is InChI=1S/C7H12N2.C6H16O3Si/c1-4-7-8-5-6(2)9(7)3;1-4-7-10(8-5-2)9-6-3/h5H,4H2,1-3H3;10H,4-6H2,1-3H3. The van der Waals surface area contributed by atoms with E-state index in [1.54, 1.807) is 0 Å². The molecule has 1 aromatic rings.